The summed E-state index contributed by atoms with van der Waals surface area (Å²) in [5.41, 5.74) is 1.32. The van der Waals surface area contributed by atoms with E-state index in [0.717, 1.165) is 23.1 Å². The van der Waals surface area contributed by atoms with Crippen molar-refractivity contribution in [1.82, 2.24) is 9.80 Å². The lowest BCUT2D eigenvalue weighted by Gasteiger charge is -2.28. The van der Waals surface area contributed by atoms with E-state index in [1.54, 1.807) is 29.2 Å². The first-order valence-electron chi connectivity index (χ1n) is 9.89. The molecule has 0 aromatic heterocycles. The lowest BCUT2D eigenvalue weighted by atomic mass is 9.95. The molecule has 5 nitrogen and oxygen atoms in total. The van der Waals surface area contributed by atoms with Crippen LogP contribution in [0.15, 0.2) is 58.6 Å². The molecule has 1 aliphatic heterocycles. The largest absolute Gasteiger partial charge is 0.507 e. The van der Waals surface area contributed by atoms with Crippen molar-refractivity contribution in [1.29, 1.82) is 0 Å². The molecule has 7 heteroatoms. The van der Waals surface area contributed by atoms with E-state index in [9.17, 15) is 14.7 Å². The van der Waals surface area contributed by atoms with Gasteiger partial charge in [-0.2, -0.15) is 0 Å². The van der Waals surface area contributed by atoms with Crippen molar-refractivity contribution in [2.75, 3.05) is 26.2 Å². The Balaban J connectivity index is 2.08. The molecule has 1 aliphatic rings. The molecule has 3 rings (SSSR count). The van der Waals surface area contributed by atoms with Gasteiger partial charge >= 0.3 is 0 Å². The van der Waals surface area contributed by atoms with Crippen LogP contribution < -0.4 is 0 Å². The van der Waals surface area contributed by atoms with Crippen molar-refractivity contribution in [3.8, 4) is 0 Å². The highest BCUT2D eigenvalue weighted by atomic mass is 79.9. The van der Waals surface area contributed by atoms with Gasteiger partial charge in [-0.05, 0) is 55.1 Å². The third-order valence-electron chi connectivity index (χ3n) is 5.39. The van der Waals surface area contributed by atoms with Gasteiger partial charge in [0, 0.05) is 28.1 Å². The zero-order valence-electron chi connectivity index (χ0n) is 16.9. The van der Waals surface area contributed by atoms with Gasteiger partial charge in [0.15, 0.2) is 0 Å². The van der Waals surface area contributed by atoms with Gasteiger partial charge in [-0.15, -0.1) is 0 Å². The number of likely N-dealkylation sites (tertiary alicyclic amines) is 1. The summed E-state index contributed by atoms with van der Waals surface area (Å²) in [6.45, 7) is 6.87. The number of halogens is 2. The van der Waals surface area contributed by atoms with Crippen molar-refractivity contribution < 1.29 is 14.7 Å². The minimum atomic E-state index is -0.671. The smallest absolute Gasteiger partial charge is 0.295 e. The lowest BCUT2D eigenvalue weighted by Crippen LogP contribution is -2.38. The summed E-state index contributed by atoms with van der Waals surface area (Å²) in [5, 5.41) is 11.5. The molecule has 0 bridgehead atoms. The molecule has 2 aromatic carbocycles. The van der Waals surface area contributed by atoms with Crippen LogP contribution in [-0.4, -0.2) is 52.8 Å². The zero-order chi connectivity index (χ0) is 21.8. The minimum absolute atomic E-state index is 0.101. The molecule has 2 aromatic rings. The van der Waals surface area contributed by atoms with Crippen LogP contribution in [0.3, 0.4) is 0 Å². The number of aliphatic hydroxyl groups excluding tert-OH is 1. The van der Waals surface area contributed by atoms with Crippen LogP contribution >= 0.6 is 27.5 Å². The van der Waals surface area contributed by atoms with E-state index in [2.05, 4.69) is 34.7 Å². The molecular weight excluding hydrogens is 468 g/mol. The number of nitrogens with zero attached hydrogens (tertiary/aromatic N) is 2. The topological polar surface area (TPSA) is 60.9 Å². The fraction of sp³-hybridized carbons (Fsp3) is 0.304. The number of carbonyl (C=O) groups excluding carboxylic acids is 2. The molecule has 0 spiro atoms. The van der Waals surface area contributed by atoms with Crippen molar-refractivity contribution in [2.45, 2.75) is 19.9 Å². The van der Waals surface area contributed by atoms with Crippen molar-refractivity contribution in [2.24, 2.45) is 0 Å². The molecule has 0 aliphatic carbocycles. The molecule has 158 valence electrons. The first-order chi connectivity index (χ1) is 14.4. The summed E-state index contributed by atoms with van der Waals surface area (Å²) in [6, 6.07) is 13.4. The minimum Gasteiger partial charge on any atom is -0.507 e. The van der Waals surface area contributed by atoms with E-state index in [1.165, 1.54) is 0 Å². The Morgan fingerprint density at radius 2 is 1.67 bits per heavy atom. The van der Waals surface area contributed by atoms with Crippen molar-refractivity contribution >= 4 is 45.0 Å². The van der Waals surface area contributed by atoms with E-state index in [0.29, 0.717) is 23.7 Å². The first kappa shape index (κ1) is 22.5. The Labute approximate surface area is 190 Å². The molecule has 30 heavy (non-hydrogen) atoms. The molecule has 1 amide bonds. The summed E-state index contributed by atoms with van der Waals surface area (Å²) in [4.78, 5) is 29.7. The predicted octanol–water partition coefficient (Wildman–Crippen LogP) is 4.87. The number of hydrogen-bond donors (Lipinski definition) is 1. The molecule has 1 unspecified atom stereocenters. The van der Waals surface area contributed by atoms with Crippen LogP contribution in [0.25, 0.3) is 5.76 Å². The number of carbonyl (C=O) groups is 2. The fourth-order valence-electron chi connectivity index (χ4n) is 3.65. The third kappa shape index (κ3) is 4.61. The fourth-order valence-corrected chi connectivity index (χ4v) is 4.04. The number of Topliss-reactive ketones (excluding diaryl/α,β-unsaturated/α-hetero) is 1. The Morgan fingerprint density at radius 1 is 1.07 bits per heavy atom. The Kier molecular flexibility index (Phi) is 7.34. The summed E-state index contributed by atoms with van der Waals surface area (Å²) >= 11 is 9.37. The van der Waals surface area contributed by atoms with E-state index in [-0.39, 0.29) is 11.3 Å². The van der Waals surface area contributed by atoms with Crippen LogP contribution in [-0.2, 0) is 9.59 Å². The Hall–Kier alpha value is -2.15. The third-order valence-corrected chi connectivity index (χ3v) is 6.18. The monoisotopic (exact) mass is 490 g/mol. The van der Waals surface area contributed by atoms with Crippen LogP contribution in [0.1, 0.15) is 31.0 Å². The van der Waals surface area contributed by atoms with E-state index in [1.807, 2.05) is 24.3 Å². The maximum absolute atomic E-state index is 13.0. The van der Waals surface area contributed by atoms with Gasteiger partial charge < -0.3 is 14.9 Å². The molecule has 1 saturated heterocycles. The number of likely N-dealkylation sites (N-methyl/N-ethyl adjacent to an activating group) is 1. The highest BCUT2D eigenvalue weighted by molar-refractivity contribution is 9.10. The number of ketones is 1. The molecule has 0 saturated carbocycles. The van der Waals surface area contributed by atoms with Gasteiger partial charge in [-0.3, -0.25) is 9.59 Å². The van der Waals surface area contributed by atoms with Crippen molar-refractivity contribution in [3.05, 3.63) is 74.7 Å². The summed E-state index contributed by atoms with van der Waals surface area (Å²) in [5.74, 6) is -1.45. The molecule has 1 fully saturated rings. The van der Waals surface area contributed by atoms with Crippen LogP contribution in [0.5, 0.6) is 0 Å². The maximum atomic E-state index is 13.0. The van der Waals surface area contributed by atoms with Gasteiger partial charge in [-0.25, -0.2) is 0 Å². The molecular formula is C23H24BrClN2O3. The quantitative estimate of drug-likeness (QED) is 0.341. The van der Waals surface area contributed by atoms with Gasteiger partial charge in [-0.1, -0.05) is 53.5 Å². The second kappa shape index (κ2) is 9.77. The first-order valence-corrected chi connectivity index (χ1v) is 11.1. The number of aliphatic hydroxyl groups is 1. The Bertz CT molecular complexity index is 953. The zero-order valence-corrected chi connectivity index (χ0v) is 19.3. The maximum Gasteiger partial charge on any atom is 0.295 e. The van der Waals surface area contributed by atoms with E-state index in [4.69, 9.17) is 11.6 Å². The van der Waals surface area contributed by atoms with Crippen LogP contribution in [0, 0.1) is 0 Å². The number of amides is 1. The summed E-state index contributed by atoms with van der Waals surface area (Å²) in [7, 11) is 0. The molecule has 1 atom stereocenters. The van der Waals surface area contributed by atoms with Crippen molar-refractivity contribution in [3.63, 3.8) is 0 Å². The second-order valence-electron chi connectivity index (χ2n) is 7.08. The number of rotatable bonds is 7. The summed E-state index contributed by atoms with van der Waals surface area (Å²) in [6.07, 6.45) is 0. The molecule has 1 heterocycles. The predicted molar refractivity (Wildman–Crippen MR) is 122 cm³/mol. The lowest BCUT2D eigenvalue weighted by molar-refractivity contribution is -0.140. The summed E-state index contributed by atoms with van der Waals surface area (Å²) < 4.78 is 0.893. The number of benzene rings is 2. The average Bonchev–Trinajstić information content (AvgIpc) is 3.00. The van der Waals surface area contributed by atoms with Gasteiger partial charge in [0.1, 0.15) is 5.76 Å². The SMILES string of the molecule is CCN(CC)CCN1C(=O)C(=O)/C(=C(/O)c2ccc(Cl)cc2)C1c1ccc(Br)cc1. The van der Waals surface area contributed by atoms with E-state index >= 15 is 0 Å². The molecule has 1 N–H and O–H groups in total. The van der Waals surface area contributed by atoms with Crippen LogP contribution in [0.2, 0.25) is 5.02 Å². The second-order valence-corrected chi connectivity index (χ2v) is 8.43. The highest BCUT2D eigenvalue weighted by Gasteiger charge is 2.45. The Morgan fingerprint density at radius 3 is 2.23 bits per heavy atom. The van der Waals surface area contributed by atoms with Gasteiger partial charge in [0.05, 0.1) is 11.6 Å². The van der Waals surface area contributed by atoms with Gasteiger partial charge in [0.2, 0.25) is 0 Å². The van der Waals surface area contributed by atoms with Gasteiger partial charge in [0.25, 0.3) is 11.7 Å². The molecule has 0 radical (unpaired) electrons. The normalized spacial score (nSPS) is 18.4. The highest BCUT2D eigenvalue weighted by Crippen LogP contribution is 2.39. The average molecular weight is 492 g/mol. The van der Waals surface area contributed by atoms with E-state index < -0.39 is 17.7 Å². The van der Waals surface area contributed by atoms with Crippen LogP contribution in [0.4, 0.5) is 0 Å². The number of hydrogen-bond acceptors (Lipinski definition) is 4. The standard InChI is InChI=1S/C23H24BrClN2O3/c1-3-26(4-2)13-14-27-20(15-5-9-17(24)10-6-15)19(22(29)23(27)30)21(28)16-7-11-18(25)12-8-16/h5-12,20,28H,3-4,13-14H2,1-2H3/b21-19+.